The SMILES string of the molecule is O=C(/C=C/c1ccc(Br)cc1)N1CCN(C(=O)c2ccc(OC(F)F)cc2)CC1. The summed E-state index contributed by atoms with van der Waals surface area (Å²) in [7, 11) is 0. The van der Waals surface area contributed by atoms with E-state index in [1.54, 1.807) is 15.9 Å². The summed E-state index contributed by atoms with van der Waals surface area (Å²) in [5, 5.41) is 0. The Labute approximate surface area is 175 Å². The number of carbonyl (C=O) groups excluding carboxylic acids is 2. The Kier molecular flexibility index (Phi) is 6.98. The van der Waals surface area contributed by atoms with Gasteiger partial charge in [0.05, 0.1) is 0 Å². The van der Waals surface area contributed by atoms with Gasteiger partial charge in [0, 0.05) is 42.3 Å². The van der Waals surface area contributed by atoms with E-state index in [9.17, 15) is 18.4 Å². The normalized spacial score (nSPS) is 14.5. The van der Waals surface area contributed by atoms with Gasteiger partial charge >= 0.3 is 6.61 Å². The van der Waals surface area contributed by atoms with E-state index < -0.39 is 6.61 Å². The molecular weight excluding hydrogens is 446 g/mol. The van der Waals surface area contributed by atoms with Gasteiger partial charge < -0.3 is 14.5 Å². The predicted octanol–water partition coefficient (Wildman–Crippen LogP) is 4.05. The highest BCUT2D eigenvalue weighted by atomic mass is 79.9. The highest BCUT2D eigenvalue weighted by molar-refractivity contribution is 9.10. The molecule has 0 aliphatic carbocycles. The zero-order chi connectivity index (χ0) is 20.8. The molecule has 5 nitrogen and oxygen atoms in total. The molecule has 0 radical (unpaired) electrons. The third-order valence-electron chi connectivity index (χ3n) is 4.49. The Bertz CT molecular complexity index is 878. The summed E-state index contributed by atoms with van der Waals surface area (Å²) in [6.45, 7) is -1.22. The number of carbonyl (C=O) groups is 2. The van der Waals surface area contributed by atoms with E-state index in [0.29, 0.717) is 31.7 Å². The van der Waals surface area contributed by atoms with E-state index in [4.69, 9.17) is 0 Å². The third-order valence-corrected chi connectivity index (χ3v) is 5.02. The van der Waals surface area contributed by atoms with Crippen LogP contribution in [0.25, 0.3) is 6.08 Å². The van der Waals surface area contributed by atoms with Crippen LogP contribution >= 0.6 is 15.9 Å². The van der Waals surface area contributed by atoms with Crippen molar-refractivity contribution in [1.82, 2.24) is 9.80 Å². The Morgan fingerprint density at radius 1 is 0.931 bits per heavy atom. The van der Waals surface area contributed by atoms with Crippen molar-refractivity contribution in [3.8, 4) is 5.75 Å². The van der Waals surface area contributed by atoms with Crippen LogP contribution in [0.4, 0.5) is 8.78 Å². The molecule has 2 aromatic carbocycles. The number of amides is 2. The fourth-order valence-electron chi connectivity index (χ4n) is 2.94. The summed E-state index contributed by atoms with van der Waals surface area (Å²) in [5.74, 6) is -0.302. The molecule has 0 aromatic heterocycles. The number of ether oxygens (including phenoxy) is 1. The molecule has 0 atom stereocenters. The molecule has 0 saturated carbocycles. The maximum absolute atomic E-state index is 12.6. The van der Waals surface area contributed by atoms with E-state index in [1.165, 1.54) is 30.3 Å². The molecule has 8 heteroatoms. The Morgan fingerprint density at radius 3 is 2.10 bits per heavy atom. The largest absolute Gasteiger partial charge is 0.435 e. The number of hydrogen-bond acceptors (Lipinski definition) is 3. The highest BCUT2D eigenvalue weighted by Crippen LogP contribution is 2.17. The van der Waals surface area contributed by atoms with Gasteiger partial charge in [0.2, 0.25) is 5.91 Å². The van der Waals surface area contributed by atoms with Gasteiger partial charge in [-0.25, -0.2) is 0 Å². The van der Waals surface area contributed by atoms with Crippen molar-refractivity contribution < 1.29 is 23.1 Å². The van der Waals surface area contributed by atoms with E-state index in [1.807, 2.05) is 24.3 Å². The molecule has 0 spiro atoms. The van der Waals surface area contributed by atoms with Crippen LogP contribution in [0.2, 0.25) is 0 Å². The second-order valence-corrected chi connectivity index (χ2v) is 7.32. The molecule has 3 rings (SSSR count). The summed E-state index contributed by atoms with van der Waals surface area (Å²) >= 11 is 3.37. The van der Waals surface area contributed by atoms with Crippen molar-refractivity contribution in [3.05, 3.63) is 70.2 Å². The molecule has 1 aliphatic rings. The van der Waals surface area contributed by atoms with Gasteiger partial charge in [-0.1, -0.05) is 28.1 Å². The van der Waals surface area contributed by atoms with Crippen LogP contribution in [0.1, 0.15) is 15.9 Å². The number of rotatable bonds is 5. The van der Waals surface area contributed by atoms with E-state index in [-0.39, 0.29) is 17.6 Å². The third kappa shape index (κ3) is 5.87. The molecule has 0 unspecified atom stereocenters. The number of piperazine rings is 1. The number of halogens is 3. The van der Waals surface area contributed by atoms with Crippen molar-refractivity contribution >= 4 is 33.8 Å². The predicted molar refractivity (Wildman–Crippen MR) is 109 cm³/mol. The number of alkyl halides is 2. The lowest BCUT2D eigenvalue weighted by Crippen LogP contribution is -2.50. The minimum Gasteiger partial charge on any atom is -0.435 e. The summed E-state index contributed by atoms with van der Waals surface area (Å²) in [6, 6.07) is 13.2. The van der Waals surface area contributed by atoms with Gasteiger partial charge in [-0.3, -0.25) is 9.59 Å². The van der Waals surface area contributed by atoms with Crippen LogP contribution in [0.15, 0.2) is 59.1 Å². The first-order chi connectivity index (χ1) is 13.9. The Hall–Kier alpha value is -2.74. The van der Waals surface area contributed by atoms with Crippen LogP contribution < -0.4 is 4.74 Å². The van der Waals surface area contributed by atoms with Crippen molar-refractivity contribution in [2.75, 3.05) is 26.2 Å². The molecule has 2 aromatic rings. The second kappa shape index (κ2) is 9.65. The zero-order valence-electron chi connectivity index (χ0n) is 15.4. The lowest BCUT2D eigenvalue weighted by molar-refractivity contribution is -0.127. The molecule has 1 aliphatic heterocycles. The minimum atomic E-state index is -2.90. The fourth-order valence-corrected chi connectivity index (χ4v) is 3.20. The standard InChI is InChI=1S/C21H19BrF2N2O3/c22-17-6-1-15(2-7-17)3-10-19(27)25-11-13-26(14-12-25)20(28)16-4-8-18(9-5-16)29-21(23)24/h1-10,21H,11-14H2/b10-3+. The average Bonchev–Trinajstić information content (AvgIpc) is 2.73. The molecule has 2 amide bonds. The number of nitrogens with zero attached hydrogens (tertiary/aromatic N) is 2. The first-order valence-electron chi connectivity index (χ1n) is 8.99. The monoisotopic (exact) mass is 464 g/mol. The van der Waals surface area contributed by atoms with Crippen LogP contribution in [0.3, 0.4) is 0 Å². The van der Waals surface area contributed by atoms with Crippen LogP contribution in [-0.4, -0.2) is 54.4 Å². The van der Waals surface area contributed by atoms with Crippen LogP contribution in [0.5, 0.6) is 5.75 Å². The van der Waals surface area contributed by atoms with Gasteiger partial charge in [0.1, 0.15) is 5.75 Å². The van der Waals surface area contributed by atoms with Gasteiger partial charge in [0.15, 0.2) is 0 Å². The van der Waals surface area contributed by atoms with E-state index in [0.717, 1.165) is 10.0 Å². The summed E-state index contributed by atoms with van der Waals surface area (Å²) < 4.78 is 29.7. The van der Waals surface area contributed by atoms with Crippen molar-refractivity contribution in [3.63, 3.8) is 0 Å². The summed E-state index contributed by atoms with van der Waals surface area (Å²) in [4.78, 5) is 28.3. The molecule has 0 N–H and O–H groups in total. The topological polar surface area (TPSA) is 49.9 Å². The average molecular weight is 465 g/mol. The van der Waals surface area contributed by atoms with Crippen molar-refractivity contribution in [2.45, 2.75) is 6.61 Å². The number of hydrogen-bond donors (Lipinski definition) is 0. The lowest BCUT2D eigenvalue weighted by Gasteiger charge is -2.34. The van der Waals surface area contributed by atoms with Crippen LogP contribution in [-0.2, 0) is 4.79 Å². The molecule has 152 valence electrons. The molecule has 29 heavy (non-hydrogen) atoms. The zero-order valence-corrected chi connectivity index (χ0v) is 17.0. The van der Waals surface area contributed by atoms with Crippen molar-refractivity contribution in [1.29, 1.82) is 0 Å². The van der Waals surface area contributed by atoms with Gasteiger partial charge in [0.25, 0.3) is 5.91 Å². The lowest BCUT2D eigenvalue weighted by atomic mass is 10.1. The van der Waals surface area contributed by atoms with Crippen molar-refractivity contribution in [2.24, 2.45) is 0 Å². The molecule has 1 heterocycles. The highest BCUT2D eigenvalue weighted by Gasteiger charge is 2.24. The first-order valence-corrected chi connectivity index (χ1v) is 9.78. The van der Waals surface area contributed by atoms with Gasteiger partial charge in [-0.15, -0.1) is 0 Å². The molecular formula is C21H19BrF2N2O3. The summed E-state index contributed by atoms with van der Waals surface area (Å²) in [6.07, 6.45) is 3.29. The smallest absolute Gasteiger partial charge is 0.387 e. The molecule has 1 fully saturated rings. The van der Waals surface area contributed by atoms with E-state index >= 15 is 0 Å². The van der Waals surface area contributed by atoms with Crippen LogP contribution in [0, 0.1) is 0 Å². The van der Waals surface area contributed by atoms with E-state index in [2.05, 4.69) is 20.7 Å². The minimum absolute atomic E-state index is 0.00419. The van der Waals surface area contributed by atoms with Gasteiger partial charge in [-0.2, -0.15) is 8.78 Å². The summed E-state index contributed by atoms with van der Waals surface area (Å²) in [5.41, 5.74) is 1.32. The fraction of sp³-hybridized carbons (Fsp3) is 0.238. The maximum Gasteiger partial charge on any atom is 0.387 e. The van der Waals surface area contributed by atoms with Gasteiger partial charge in [-0.05, 0) is 48.0 Å². The Balaban J connectivity index is 1.52. The Morgan fingerprint density at radius 2 is 1.52 bits per heavy atom. The molecule has 1 saturated heterocycles. The first kappa shape index (κ1) is 21.0. The maximum atomic E-state index is 12.6. The second-order valence-electron chi connectivity index (χ2n) is 6.41. The number of benzene rings is 2. The quantitative estimate of drug-likeness (QED) is 0.627. The molecule has 0 bridgehead atoms.